The minimum Gasteiger partial charge on any atom is -0.497 e. The Balaban J connectivity index is 1.77. The van der Waals surface area contributed by atoms with Crippen molar-refractivity contribution in [1.29, 1.82) is 0 Å². The van der Waals surface area contributed by atoms with E-state index in [0.29, 0.717) is 34.4 Å². The Bertz CT molecular complexity index is 1140. The summed E-state index contributed by atoms with van der Waals surface area (Å²) in [6.45, 7) is 1.85. The van der Waals surface area contributed by atoms with Gasteiger partial charge in [0, 0.05) is 16.2 Å². The number of aromatic nitrogens is 3. The highest BCUT2D eigenvalue weighted by atomic mass is 79.9. The Morgan fingerprint density at radius 2 is 2.03 bits per heavy atom. The molecule has 0 fully saturated rings. The van der Waals surface area contributed by atoms with E-state index in [1.165, 1.54) is 6.33 Å². The quantitative estimate of drug-likeness (QED) is 0.587. The smallest absolute Gasteiger partial charge is 0.255 e. The zero-order valence-corrected chi connectivity index (χ0v) is 18.2. The van der Waals surface area contributed by atoms with Crippen LogP contribution in [0.5, 0.6) is 11.5 Å². The predicted octanol–water partition coefficient (Wildman–Crippen LogP) is 3.99. The summed E-state index contributed by atoms with van der Waals surface area (Å²) in [5.41, 5.74) is 2.63. The maximum Gasteiger partial charge on any atom is 0.255 e. The normalized spacial score (nSPS) is 15.3. The van der Waals surface area contributed by atoms with Crippen LogP contribution in [0.1, 0.15) is 18.5 Å². The van der Waals surface area contributed by atoms with Gasteiger partial charge in [-0.25, -0.2) is 4.68 Å². The summed E-state index contributed by atoms with van der Waals surface area (Å²) in [6, 6.07) is 12.6. The van der Waals surface area contributed by atoms with Crippen molar-refractivity contribution < 1.29 is 14.3 Å². The zero-order chi connectivity index (χ0) is 21.3. The van der Waals surface area contributed by atoms with E-state index in [1.54, 1.807) is 37.1 Å². The van der Waals surface area contributed by atoms with Gasteiger partial charge in [0.1, 0.15) is 23.9 Å². The number of hydrogen-bond acceptors (Lipinski definition) is 6. The fraction of sp³-hybridized carbons (Fsp3) is 0.190. The van der Waals surface area contributed by atoms with Gasteiger partial charge in [0.05, 0.1) is 25.5 Å². The lowest BCUT2D eigenvalue weighted by Crippen LogP contribution is -2.31. The van der Waals surface area contributed by atoms with Crippen molar-refractivity contribution in [3.05, 3.63) is 70.1 Å². The molecule has 4 rings (SSSR count). The van der Waals surface area contributed by atoms with Crippen LogP contribution < -0.4 is 20.1 Å². The second-order valence-corrected chi connectivity index (χ2v) is 7.59. The molecule has 1 atom stereocenters. The molecule has 2 aromatic carbocycles. The van der Waals surface area contributed by atoms with E-state index in [9.17, 15) is 4.79 Å². The molecule has 9 heteroatoms. The van der Waals surface area contributed by atoms with Crippen LogP contribution in [-0.2, 0) is 4.79 Å². The summed E-state index contributed by atoms with van der Waals surface area (Å²) >= 11 is 3.51. The Kier molecular flexibility index (Phi) is 5.45. The molecule has 2 heterocycles. The number of ether oxygens (including phenoxy) is 2. The number of fused-ring (bicyclic) bond motifs is 1. The van der Waals surface area contributed by atoms with Crippen LogP contribution in [0, 0.1) is 0 Å². The number of amides is 1. The molecule has 0 spiro atoms. The van der Waals surface area contributed by atoms with E-state index < -0.39 is 6.04 Å². The molecule has 154 valence electrons. The monoisotopic (exact) mass is 469 g/mol. The van der Waals surface area contributed by atoms with Gasteiger partial charge in [0.25, 0.3) is 5.91 Å². The van der Waals surface area contributed by atoms with Gasteiger partial charge in [0.15, 0.2) is 0 Å². The molecule has 0 saturated heterocycles. The molecular formula is C21H20BrN5O3. The Hall–Kier alpha value is -3.33. The number of benzene rings is 2. The largest absolute Gasteiger partial charge is 0.497 e. The molecule has 1 aliphatic heterocycles. The van der Waals surface area contributed by atoms with Gasteiger partial charge in [-0.2, -0.15) is 10.1 Å². The minimum atomic E-state index is -0.446. The lowest BCUT2D eigenvalue weighted by Gasteiger charge is -2.29. The van der Waals surface area contributed by atoms with Crippen molar-refractivity contribution in [1.82, 2.24) is 14.8 Å². The van der Waals surface area contributed by atoms with E-state index in [-0.39, 0.29) is 5.91 Å². The van der Waals surface area contributed by atoms with E-state index >= 15 is 0 Å². The Morgan fingerprint density at radius 3 is 2.77 bits per heavy atom. The number of carbonyl (C=O) groups is 1. The number of rotatable bonds is 5. The lowest BCUT2D eigenvalue weighted by atomic mass is 9.95. The summed E-state index contributed by atoms with van der Waals surface area (Å²) in [5.74, 6) is 1.44. The molecular weight excluding hydrogens is 450 g/mol. The summed E-state index contributed by atoms with van der Waals surface area (Å²) in [4.78, 5) is 17.7. The molecule has 8 nitrogen and oxygen atoms in total. The van der Waals surface area contributed by atoms with Gasteiger partial charge >= 0.3 is 0 Å². The standard InChI is InChI=1S/C21H20BrN5O3/c1-12-18(20(28)26-16-10-15(29-2)7-8-17(16)30-3)19(13-5-4-6-14(22)9-13)27-21(25-12)23-11-24-27/h4-11,19H,1-3H3,(H,26,28)(H,23,24,25). The average Bonchev–Trinajstić information content (AvgIpc) is 3.20. The van der Waals surface area contributed by atoms with Crippen molar-refractivity contribution in [3.8, 4) is 11.5 Å². The summed E-state index contributed by atoms with van der Waals surface area (Å²) < 4.78 is 13.3. The fourth-order valence-electron chi connectivity index (χ4n) is 3.47. The predicted molar refractivity (Wildman–Crippen MR) is 117 cm³/mol. The van der Waals surface area contributed by atoms with Gasteiger partial charge < -0.3 is 20.1 Å². The highest BCUT2D eigenvalue weighted by Crippen LogP contribution is 2.37. The van der Waals surface area contributed by atoms with Crippen molar-refractivity contribution in [2.24, 2.45) is 0 Å². The number of nitrogens with zero attached hydrogens (tertiary/aromatic N) is 3. The third-order valence-electron chi connectivity index (χ3n) is 4.86. The number of nitrogens with one attached hydrogen (secondary N) is 2. The number of anilines is 2. The summed E-state index contributed by atoms with van der Waals surface area (Å²) in [7, 11) is 3.12. The molecule has 3 aromatic rings. The molecule has 30 heavy (non-hydrogen) atoms. The van der Waals surface area contributed by atoms with Crippen molar-refractivity contribution in [3.63, 3.8) is 0 Å². The fourth-order valence-corrected chi connectivity index (χ4v) is 3.89. The first-order valence-corrected chi connectivity index (χ1v) is 9.97. The molecule has 1 unspecified atom stereocenters. The number of hydrogen-bond donors (Lipinski definition) is 2. The van der Waals surface area contributed by atoms with Crippen molar-refractivity contribution in [2.75, 3.05) is 24.9 Å². The van der Waals surface area contributed by atoms with E-state index in [4.69, 9.17) is 9.47 Å². The van der Waals surface area contributed by atoms with Crippen molar-refractivity contribution in [2.45, 2.75) is 13.0 Å². The minimum absolute atomic E-state index is 0.280. The van der Waals surface area contributed by atoms with Gasteiger partial charge in [-0.15, -0.1) is 0 Å². The molecule has 1 aliphatic rings. The van der Waals surface area contributed by atoms with Gasteiger partial charge in [0.2, 0.25) is 5.95 Å². The van der Waals surface area contributed by atoms with Gasteiger partial charge in [-0.05, 0) is 36.8 Å². The van der Waals surface area contributed by atoms with Crippen LogP contribution in [0.25, 0.3) is 0 Å². The van der Waals surface area contributed by atoms with Crippen LogP contribution in [0.2, 0.25) is 0 Å². The molecule has 1 aromatic heterocycles. The maximum absolute atomic E-state index is 13.5. The van der Waals surface area contributed by atoms with Crippen LogP contribution in [0.4, 0.5) is 11.6 Å². The highest BCUT2D eigenvalue weighted by molar-refractivity contribution is 9.10. The maximum atomic E-state index is 13.5. The molecule has 1 amide bonds. The van der Waals surface area contributed by atoms with Gasteiger partial charge in [-0.3, -0.25) is 4.79 Å². The number of allylic oxidation sites excluding steroid dienone is 1. The second-order valence-electron chi connectivity index (χ2n) is 6.67. The highest BCUT2D eigenvalue weighted by Gasteiger charge is 2.33. The van der Waals surface area contributed by atoms with Gasteiger partial charge in [-0.1, -0.05) is 28.1 Å². The SMILES string of the molecule is COc1ccc(OC)c(NC(=O)C2=C(C)Nc3ncnn3C2c2cccc(Br)c2)c1. The number of carbonyl (C=O) groups excluding carboxylic acids is 1. The van der Waals surface area contributed by atoms with Crippen LogP contribution >= 0.6 is 15.9 Å². The molecule has 2 N–H and O–H groups in total. The van der Waals surface area contributed by atoms with E-state index in [1.807, 2.05) is 31.2 Å². The first-order valence-electron chi connectivity index (χ1n) is 9.18. The molecule has 0 saturated carbocycles. The van der Waals surface area contributed by atoms with E-state index in [0.717, 1.165) is 10.0 Å². The van der Waals surface area contributed by atoms with Crippen molar-refractivity contribution >= 4 is 33.5 Å². The summed E-state index contributed by atoms with van der Waals surface area (Å²) in [5, 5.41) is 10.5. The Morgan fingerprint density at radius 1 is 1.20 bits per heavy atom. The van der Waals surface area contributed by atoms with Crippen LogP contribution in [0.15, 0.2) is 64.5 Å². The third-order valence-corrected chi connectivity index (χ3v) is 5.35. The van der Waals surface area contributed by atoms with E-state index in [2.05, 4.69) is 36.6 Å². The second kappa shape index (κ2) is 8.19. The molecule has 0 aliphatic carbocycles. The third kappa shape index (κ3) is 3.63. The first-order chi connectivity index (χ1) is 14.5. The summed E-state index contributed by atoms with van der Waals surface area (Å²) in [6.07, 6.45) is 1.46. The Labute approximate surface area is 182 Å². The average molecular weight is 470 g/mol. The number of methoxy groups -OCH3 is 2. The number of halogens is 1. The van der Waals surface area contributed by atoms with Crippen LogP contribution in [0.3, 0.4) is 0 Å². The lowest BCUT2D eigenvalue weighted by molar-refractivity contribution is -0.113. The molecule has 0 bridgehead atoms. The topological polar surface area (TPSA) is 90.3 Å². The van der Waals surface area contributed by atoms with Crippen LogP contribution in [-0.4, -0.2) is 34.9 Å². The zero-order valence-electron chi connectivity index (χ0n) is 16.6. The molecule has 0 radical (unpaired) electrons. The first kappa shape index (κ1) is 20.0.